The highest BCUT2D eigenvalue weighted by molar-refractivity contribution is 6.47. The van der Waals surface area contributed by atoms with Crippen LogP contribution in [0.2, 0.25) is 10.0 Å². The predicted molar refractivity (Wildman–Crippen MR) is 147 cm³/mol. The van der Waals surface area contributed by atoms with Crippen LogP contribution in [0, 0.1) is 11.8 Å². The molecule has 0 saturated heterocycles. The number of aliphatic imine (C=N–C) groups is 1. The number of hydrogen-bond donors (Lipinski definition) is 2. The second-order valence-electron chi connectivity index (χ2n) is 10.7. The monoisotopic (exact) mass is 565 g/mol. The number of benzene rings is 2. The third kappa shape index (κ3) is 5.30. The number of aromatic nitrogens is 4. The lowest BCUT2D eigenvalue weighted by Gasteiger charge is -2.47. The molecule has 2 heterocycles. The van der Waals surface area contributed by atoms with Gasteiger partial charge in [0.25, 0.3) is 11.8 Å². The number of nitrogens with zero attached hydrogens (tertiary/aromatic N) is 5. The predicted octanol–water partition coefficient (Wildman–Crippen LogP) is 4.95. The number of tetrazole rings is 1. The first-order chi connectivity index (χ1) is 18.9. The van der Waals surface area contributed by atoms with Crippen LogP contribution in [0.3, 0.4) is 0 Å². The van der Waals surface area contributed by atoms with E-state index in [4.69, 9.17) is 28.2 Å². The lowest BCUT2D eigenvalue weighted by atomic mass is 9.67. The molecule has 1 spiro atoms. The number of fused-ring (bicyclic) bond motifs is 1. The van der Waals surface area contributed by atoms with E-state index in [1.807, 2.05) is 17.0 Å². The minimum absolute atomic E-state index is 0.107. The van der Waals surface area contributed by atoms with Crippen molar-refractivity contribution in [3.63, 3.8) is 0 Å². The van der Waals surface area contributed by atoms with Crippen molar-refractivity contribution in [2.45, 2.75) is 63.7 Å². The highest BCUT2D eigenvalue weighted by Crippen LogP contribution is 2.49. The maximum absolute atomic E-state index is 14.0. The van der Waals surface area contributed by atoms with Gasteiger partial charge in [-0.2, -0.15) is 5.21 Å². The fraction of sp³-hybridized carbons (Fsp3) is 0.429. The third-order valence-corrected chi connectivity index (χ3v) is 8.77. The van der Waals surface area contributed by atoms with Crippen molar-refractivity contribution in [2.75, 3.05) is 0 Å². The molecule has 3 aliphatic rings. The first-order valence-corrected chi connectivity index (χ1v) is 14.1. The van der Waals surface area contributed by atoms with Crippen LogP contribution >= 0.6 is 23.2 Å². The third-order valence-electron chi connectivity index (χ3n) is 8.33. The molecule has 2 saturated carbocycles. The number of hydrogen-bond acceptors (Lipinski definition) is 6. The molecule has 2 fully saturated rings. The van der Waals surface area contributed by atoms with E-state index in [0.717, 1.165) is 24.8 Å². The number of amides is 2. The Balaban J connectivity index is 1.25. The van der Waals surface area contributed by atoms with Crippen molar-refractivity contribution in [3.8, 4) is 0 Å². The van der Waals surface area contributed by atoms with Crippen molar-refractivity contribution in [3.05, 3.63) is 75.0 Å². The molecule has 9 nitrogen and oxygen atoms in total. The summed E-state index contributed by atoms with van der Waals surface area (Å²) in [4.78, 5) is 33.6. The summed E-state index contributed by atoms with van der Waals surface area (Å²) in [5.74, 6) is 1.34. The molecular weight excluding hydrogens is 537 g/mol. The van der Waals surface area contributed by atoms with Crippen molar-refractivity contribution in [1.29, 1.82) is 0 Å². The first-order valence-electron chi connectivity index (χ1n) is 13.4. The van der Waals surface area contributed by atoms with E-state index in [1.165, 1.54) is 25.7 Å². The highest BCUT2D eigenvalue weighted by Gasteiger charge is 2.51. The van der Waals surface area contributed by atoms with Crippen molar-refractivity contribution >= 4 is 40.7 Å². The normalized spacial score (nSPS) is 24.5. The molecule has 2 aromatic carbocycles. The molecule has 0 radical (unpaired) electrons. The Kier molecular flexibility index (Phi) is 7.12. The van der Waals surface area contributed by atoms with E-state index < -0.39 is 5.66 Å². The molecule has 2 aliphatic carbocycles. The van der Waals surface area contributed by atoms with Gasteiger partial charge >= 0.3 is 0 Å². The number of aromatic amines is 1. The van der Waals surface area contributed by atoms with Crippen LogP contribution in [0.5, 0.6) is 0 Å². The summed E-state index contributed by atoms with van der Waals surface area (Å²) in [5, 5.41) is 17.3. The Bertz CT molecular complexity index is 1390. The van der Waals surface area contributed by atoms with Crippen LogP contribution in [0.25, 0.3) is 0 Å². The van der Waals surface area contributed by atoms with Gasteiger partial charge in [0.15, 0.2) is 5.82 Å². The Morgan fingerprint density at radius 1 is 1.05 bits per heavy atom. The van der Waals surface area contributed by atoms with Crippen LogP contribution in [-0.4, -0.2) is 48.7 Å². The fourth-order valence-electron chi connectivity index (χ4n) is 6.41. The first kappa shape index (κ1) is 26.0. The quantitative estimate of drug-likeness (QED) is 0.438. The van der Waals surface area contributed by atoms with Gasteiger partial charge in [-0.15, -0.1) is 10.2 Å². The minimum Gasteiger partial charge on any atom is -0.345 e. The number of H-pyrrole nitrogens is 1. The minimum atomic E-state index is -0.583. The lowest BCUT2D eigenvalue weighted by Crippen LogP contribution is -2.51. The van der Waals surface area contributed by atoms with Crippen molar-refractivity contribution in [2.24, 2.45) is 16.8 Å². The van der Waals surface area contributed by atoms with E-state index in [9.17, 15) is 9.59 Å². The molecule has 3 aromatic rings. The summed E-state index contributed by atoms with van der Waals surface area (Å²) in [6.45, 7) is 0.583. The Morgan fingerprint density at radius 3 is 2.51 bits per heavy atom. The summed E-state index contributed by atoms with van der Waals surface area (Å²) in [7, 11) is 0. The van der Waals surface area contributed by atoms with Crippen LogP contribution in [0.1, 0.15) is 72.3 Å². The number of rotatable bonds is 6. The molecule has 39 heavy (non-hydrogen) atoms. The zero-order valence-electron chi connectivity index (χ0n) is 21.4. The Labute approximate surface area is 236 Å². The van der Waals surface area contributed by atoms with Gasteiger partial charge in [-0.05, 0) is 67.0 Å². The molecule has 2 N–H and O–H groups in total. The molecule has 11 heteroatoms. The molecule has 3 atom stereocenters. The van der Waals surface area contributed by atoms with E-state index in [-0.39, 0.29) is 18.4 Å². The van der Waals surface area contributed by atoms with E-state index in [0.29, 0.717) is 51.1 Å². The van der Waals surface area contributed by atoms with E-state index in [2.05, 4.69) is 25.9 Å². The Morgan fingerprint density at radius 2 is 1.79 bits per heavy atom. The van der Waals surface area contributed by atoms with Gasteiger partial charge in [-0.25, -0.2) is 0 Å². The fourth-order valence-corrected chi connectivity index (χ4v) is 6.94. The second kappa shape index (κ2) is 10.7. The van der Waals surface area contributed by atoms with Gasteiger partial charge in [0.05, 0.1) is 6.54 Å². The van der Waals surface area contributed by atoms with Crippen LogP contribution in [0.4, 0.5) is 0 Å². The van der Waals surface area contributed by atoms with E-state index >= 15 is 0 Å². The van der Waals surface area contributed by atoms with E-state index in [1.54, 1.807) is 30.3 Å². The summed E-state index contributed by atoms with van der Waals surface area (Å²) < 4.78 is 0. The lowest BCUT2D eigenvalue weighted by molar-refractivity contribution is -0.131. The number of carbonyl (C=O) groups is 2. The van der Waals surface area contributed by atoms with Gasteiger partial charge in [-0.1, -0.05) is 66.2 Å². The number of carbonyl (C=O) groups excluding carboxylic acids is 2. The second-order valence-corrected chi connectivity index (χ2v) is 11.6. The van der Waals surface area contributed by atoms with Gasteiger partial charge in [0.1, 0.15) is 11.4 Å². The van der Waals surface area contributed by atoms with Gasteiger partial charge in [-0.3, -0.25) is 14.6 Å². The molecule has 202 valence electrons. The molecule has 2 amide bonds. The molecule has 0 bridgehead atoms. The van der Waals surface area contributed by atoms with Crippen LogP contribution in [-0.2, 0) is 17.9 Å². The SMILES string of the molecule is O=C(NCc1nn[nH]n1)c1ccc(CN2C(=O)C(c3cc(Cl)cc(Cl)c3)=NC23CCC2CCCCC2C3)cc1. The molecular formula is C28H29Cl2N7O2. The molecule has 3 unspecified atom stereocenters. The topological polar surface area (TPSA) is 116 Å². The highest BCUT2D eigenvalue weighted by atomic mass is 35.5. The number of halogens is 2. The van der Waals surface area contributed by atoms with Crippen molar-refractivity contribution < 1.29 is 9.59 Å². The largest absolute Gasteiger partial charge is 0.345 e. The average molecular weight is 566 g/mol. The summed E-state index contributed by atoms with van der Waals surface area (Å²) >= 11 is 12.6. The Hall–Kier alpha value is -3.30. The maximum atomic E-state index is 14.0. The molecule has 1 aromatic heterocycles. The molecule has 1 aliphatic heterocycles. The van der Waals surface area contributed by atoms with Crippen LogP contribution in [0.15, 0.2) is 47.5 Å². The van der Waals surface area contributed by atoms with Crippen molar-refractivity contribution in [1.82, 2.24) is 30.8 Å². The maximum Gasteiger partial charge on any atom is 0.274 e. The smallest absolute Gasteiger partial charge is 0.274 e. The van der Waals surface area contributed by atoms with Gasteiger partial charge in [0, 0.05) is 27.7 Å². The van der Waals surface area contributed by atoms with Gasteiger partial charge in [0.2, 0.25) is 0 Å². The zero-order chi connectivity index (χ0) is 27.0. The van der Waals surface area contributed by atoms with Crippen LogP contribution < -0.4 is 5.32 Å². The van der Waals surface area contributed by atoms with Gasteiger partial charge < -0.3 is 10.2 Å². The summed E-state index contributed by atoms with van der Waals surface area (Å²) in [6.07, 6.45) is 7.78. The number of nitrogens with one attached hydrogen (secondary N) is 2. The average Bonchev–Trinajstić information content (AvgIpc) is 3.54. The standard InChI is InChI=1S/C28H29Cl2N7O2/c29-22-11-21(12-23(30)13-22)25-27(39)37(28(32-25)10-9-18-3-1-2-4-20(18)14-28)16-17-5-7-19(8-6-17)26(38)31-15-24-33-35-36-34-24/h5-8,11-13,18,20H,1-4,9-10,14-16H2,(H,31,38)(H,33,34,35,36). The zero-order valence-corrected chi connectivity index (χ0v) is 22.9. The molecule has 6 rings (SSSR count). The summed E-state index contributed by atoms with van der Waals surface area (Å²) in [5.41, 5.74) is 1.94. The summed E-state index contributed by atoms with van der Waals surface area (Å²) in [6, 6.07) is 12.5.